The van der Waals surface area contributed by atoms with Crippen molar-refractivity contribution in [1.82, 2.24) is 20.1 Å². The molecular formula is C16H20ClN5O2. The van der Waals surface area contributed by atoms with E-state index in [2.05, 4.69) is 15.2 Å². The quantitative estimate of drug-likeness (QED) is 0.887. The largest absolute Gasteiger partial charge is 0.508 e. The fraction of sp³-hybridized carbons (Fsp3) is 0.438. The zero-order valence-corrected chi connectivity index (χ0v) is 14.4. The third kappa shape index (κ3) is 3.31. The van der Waals surface area contributed by atoms with Crippen molar-refractivity contribution in [1.29, 1.82) is 0 Å². The van der Waals surface area contributed by atoms with Crippen LogP contribution >= 0.6 is 11.6 Å². The van der Waals surface area contributed by atoms with Gasteiger partial charge in [0.15, 0.2) is 0 Å². The summed E-state index contributed by atoms with van der Waals surface area (Å²) in [7, 11) is 3.79. The highest BCUT2D eigenvalue weighted by Crippen LogP contribution is 2.29. The third-order valence-corrected chi connectivity index (χ3v) is 4.57. The van der Waals surface area contributed by atoms with Crippen LogP contribution in [-0.2, 0) is 0 Å². The molecule has 0 aliphatic carbocycles. The molecule has 2 heterocycles. The molecule has 0 spiro atoms. The number of H-pyrrole nitrogens is 1. The Morgan fingerprint density at radius 3 is 2.71 bits per heavy atom. The monoisotopic (exact) mass is 349 g/mol. The van der Waals surface area contributed by atoms with E-state index in [9.17, 15) is 9.90 Å². The van der Waals surface area contributed by atoms with Crippen LogP contribution < -0.4 is 4.90 Å². The summed E-state index contributed by atoms with van der Waals surface area (Å²) in [6.07, 6.45) is 1.62. The van der Waals surface area contributed by atoms with Crippen molar-refractivity contribution in [3.05, 3.63) is 34.6 Å². The fourth-order valence-corrected chi connectivity index (χ4v) is 3.05. The Kier molecular flexibility index (Phi) is 4.62. The number of hydrogen-bond donors (Lipinski definition) is 2. The van der Waals surface area contributed by atoms with E-state index in [4.69, 9.17) is 11.6 Å². The summed E-state index contributed by atoms with van der Waals surface area (Å²) in [5.41, 5.74) is 0.338. The van der Waals surface area contributed by atoms with Crippen LogP contribution in [0.25, 0.3) is 0 Å². The fourth-order valence-electron chi connectivity index (χ4n) is 2.85. The number of rotatable bonds is 3. The topological polar surface area (TPSA) is 85.4 Å². The minimum Gasteiger partial charge on any atom is -0.508 e. The van der Waals surface area contributed by atoms with Crippen LogP contribution in [0.5, 0.6) is 5.75 Å². The van der Waals surface area contributed by atoms with E-state index in [1.54, 1.807) is 4.90 Å². The zero-order valence-electron chi connectivity index (χ0n) is 13.7. The number of aromatic hydroxyl groups is 1. The molecule has 2 aromatic rings. The predicted octanol–water partition coefficient (Wildman–Crippen LogP) is 2.25. The van der Waals surface area contributed by atoms with Gasteiger partial charge in [0.25, 0.3) is 5.91 Å². The maximum atomic E-state index is 12.6. The Labute approximate surface area is 145 Å². The predicted molar refractivity (Wildman–Crippen MR) is 91.7 cm³/mol. The first-order valence-electron chi connectivity index (χ1n) is 7.83. The van der Waals surface area contributed by atoms with Crippen molar-refractivity contribution in [2.75, 3.05) is 32.1 Å². The van der Waals surface area contributed by atoms with Crippen molar-refractivity contribution in [3.63, 3.8) is 0 Å². The second-order valence-corrected chi connectivity index (χ2v) is 6.55. The maximum Gasteiger partial charge on any atom is 0.255 e. The summed E-state index contributed by atoms with van der Waals surface area (Å²) in [5, 5.41) is 17.1. The number of nitrogens with one attached hydrogen (secondary N) is 1. The number of aromatic amines is 1. The van der Waals surface area contributed by atoms with Gasteiger partial charge in [0.1, 0.15) is 11.6 Å². The second-order valence-electron chi connectivity index (χ2n) is 6.15. The molecule has 1 saturated heterocycles. The third-order valence-electron chi connectivity index (χ3n) is 4.24. The van der Waals surface area contributed by atoms with E-state index >= 15 is 0 Å². The van der Waals surface area contributed by atoms with Gasteiger partial charge in [0.05, 0.1) is 10.6 Å². The van der Waals surface area contributed by atoms with Gasteiger partial charge in [0, 0.05) is 33.1 Å². The SMILES string of the molecule is CN(C)c1n[nH]c(C2CCN(C(=O)c3cc(O)ccc3Cl)CC2)n1. The van der Waals surface area contributed by atoms with Gasteiger partial charge in [-0.1, -0.05) is 11.6 Å². The van der Waals surface area contributed by atoms with Crippen LogP contribution in [0.4, 0.5) is 5.95 Å². The van der Waals surface area contributed by atoms with Gasteiger partial charge in [-0.3, -0.25) is 9.89 Å². The van der Waals surface area contributed by atoms with Gasteiger partial charge in [-0.25, -0.2) is 0 Å². The second kappa shape index (κ2) is 6.68. The first-order valence-corrected chi connectivity index (χ1v) is 8.21. The number of phenolic OH excluding ortho intramolecular Hbond substituents is 1. The Morgan fingerprint density at radius 1 is 1.38 bits per heavy atom. The minimum atomic E-state index is -0.152. The van der Waals surface area contributed by atoms with Gasteiger partial charge in [-0.2, -0.15) is 4.98 Å². The first-order chi connectivity index (χ1) is 11.5. The Hall–Kier alpha value is -2.28. The number of aromatic nitrogens is 3. The average Bonchev–Trinajstić information content (AvgIpc) is 3.07. The number of carbonyl (C=O) groups excluding carboxylic acids is 1. The summed E-state index contributed by atoms with van der Waals surface area (Å²) < 4.78 is 0. The van der Waals surface area contributed by atoms with Crippen LogP contribution in [0.3, 0.4) is 0 Å². The number of likely N-dealkylation sites (tertiary alicyclic amines) is 1. The lowest BCUT2D eigenvalue weighted by molar-refractivity contribution is 0.0711. The number of phenols is 1. The van der Waals surface area contributed by atoms with Crippen molar-refractivity contribution in [2.24, 2.45) is 0 Å². The number of piperidine rings is 1. The molecule has 7 nitrogen and oxygen atoms in total. The summed E-state index contributed by atoms with van der Waals surface area (Å²) in [5.74, 6) is 1.67. The molecule has 128 valence electrons. The summed E-state index contributed by atoms with van der Waals surface area (Å²) in [6.45, 7) is 1.24. The van der Waals surface area contributed by atoms with E-state index < -0.39 is 0 Å². The van der Waals surface area contributed by atoms with Crippen LogP contribution in [0.15, 0.2) is 18.2 Å². The lowest BCUT2D eigenvalue weighted by atomic mass is 9.95. The standard InChI is InChI=1S/C16H20ClN5O2/c1-21(2)16-18-14(19-20-16)10-5-7-22(8-6-10)15(24)12-9-11(23)3-4-13(12)17/h3-4,9-10,23H,5-8H2,1-2H3,(H,18,19,20). The highest BCUT2D eigenvalue weighted by Gasteiger charge is 2.27. The van der Waals surface area contributed by atoms with E-state index in [-0.39, 0.29) is 17.6 Å². The lowest BCUT2D eigenvalue weighted by Crippen LogP contribution is -2.38. The molecular weight excluding hydrogens is 330 g/mol. The molecule has 3 rings (SSSR count). The number of nitrogens with zero attached hydrogens (tertiary/aromatic N) is 4. The Bertz CT molecular complexity index is 738. The Balaban J connectivity index is 1.66. The highest BCUT2D eigenvalue weighted by molar-refractivity contribution is 6.33. The van der Waals surface area contributed by atoms with E-state index in [0.29, 0.717) is 29.6 Å². The van der Waals surface area contributed by atoms with Crippen LogP contribution in [0.1, 0.15) is 34.9 Å². The van der Waals surface area contributed by atoms with Crippen LogP contribution in [0.2, 0.25) is 5.02 Å². The van der Waals surface area contributed by atoms with Gasteiger partial charge < -0.3 is 14.9 Å². The highest BCUT2D eigenvalue weighted by atomic mass is 35.5. The van der Waals surface area contributed by atoms with Crippen LogP contribution in [0, 0.1) is 0 Å². The average molecular weight is 350 g/mol. The molecule has 1 aromatic heterocycles. The first kappa shape index (κ1) is 16.6. The molecule has 2 N–H and O–H groups in total. The van der Waals surface area contributed by atoms with Crippen molar-refractivity contribution < 1.29 is 9.90 Å². The Morgan fingerprint density at radius 2 is 2.08 bits per heavy atom. The smallest absolute Gasteiger partial charge is 0.255 e. The molecule has 1 aliphatic heterocycles. The van der Waals surface area contributed by atoms with Crippen LogP contribution in [-0.4, -0.2) is 58.3 Å². The number of amides is 1. The number of anilines is 1. The number of halogens is 1. The molecule has 0 atom stereocenters. The summed E-state index contributed by atoms with van der Waals surface area (Å²) in [6, 6.07) is 4.42. The molecule has 24 heavy (non-hydrogen) atoms. The maximum absolute atomic E-state index is 12.6. The normalized spacial score (nSPS) is 15.5. The van der Waals surface area contributed by atoms with E-state index in [0.717, 1.165) is 18.7 Å². The minimum absolute atomic E-state index is 0.0375. The summed E-state index contributed by atoms with van der Waals surface area (Å²) >= 11 is 6.08. The lowest BCUT2D eigenvalue weighted by Gasteiger charge is -2.31. The zero-order chi connectivity index (χ0) is 17.3. The van der Waals surface area contributed by atoms with Crippen molar-refractivity contribution >= 4 is 23.5 Å². The molecule has 0 saturated carbocycles. The molecule has 1 aliphatic rings. The molecule has 0 bridgehead atoms. The molecule has 0 unspecified atom stereocenters. The van der Waals surface area contributed by atoms with Gasteiger partial charge in [0.2, 0.25) is 5.95 Å². The molecule has 1 aromatic carbocycles. The van der Waals surface area contributed by atoms with Gasteiger partial charge >= 0.3 is 0 Å². The number of hydrogen-bond acceptors (Lipinski definition) is 5. The molecule has 8 heteroatoms. The summed E-state index contributed by atoms with van der Waals surface area (Å²) in [4.78, 5) is 20.7. The van der Waals surface area contributed by atoms with Crippen molar-refractivity contribution in [3.8, 4) is 5.75 Å². The van der Waals surface area contributed by atoms with E-state index in [1.165, 1.54) is 18.2 Å². The molecule has 1 amide bonds. The number of carbonyl (C=O) groups is 1. The van der Waals surface area contributed by atoms with E-state index in [1.807, 2.05) is 19.0 Å². The molecule has 1 fully saturated rings. The van der Waals surface area contributed by atoms with Gasteiger partial charge in [-0.05, 0) is 31.0 Å². The molecule has 0 radical (unpaired) electrons. The number of benzene rings is 1. The van der Waals surface area contributed by atoms with Gasteiger partial charge in [-0.15, -0.1) is 5.10 Å². The van der Waals surface area contributed by atoms with Crippen molar-refractivity contribution in [2.45, 2.75) is 18.8 Å².